The van der Waals surface area contributed by atoms with E-state index in [2.05, 4.69) is 4.74 Å². The number of ether oxygens (including phenoxy) is 1. The third kappa shape index (κ3) is 5.10. The largest absolute Gasteiger partial charge is 0.573 e. The van der Waals surface area contributed by atoms with Crippen molar-refractivity contribution in [2.24, 2.45) is 5.73 Å². The smallest absolute Gasteiger partial charge is 0.406 e. The van der Waals surface area contributed by atoms with E-state index >= 15 is 0 Å². The lowest BCUT2D eigenvalue weighted by molar-refractivity contribution is -0.274. The van der Waals surface area contributed by atoms with Crippen LogP contribution in [0.15, 0.2) is 18.2 Å². The van der Waals surface area contributed by atoms with Crippen LogP contribution in [0.5, 0.6) is 5.75 Å². The average molecular weight is 288 g/mol. The van der Waals surface area contributed by atoms with Gasteiger partial charge in [0, 0.05) is 11.6 Å². The van der Waals surface area contributed by atoms with Gasteiger partial charge in [0.2, 0.25) is 0 Å². The van der Waals surface area contributed by atoms with Crippen molar-refractivity contribution in [2.75, 3.05) is 0 Å². The zero-order valence-corrected chi connectivity index (χ0v) is 10.4. The van der Waals surface area contributed by atoms with Crippen LogP contribution in [0.4, 0.5) is 17.6 Å². The molecule has 2 nitrogen and oxygen atoms in total. The Morgan fingerprint density at radius 3 is 2.44 bits per heavy atom. The Labute approximate surface area is 109 Å². The van der Waals surface area contributed by atoms with E-state index in [4.69, 9.17) is 5.73 Å². The molecule has 0 unspecified atom stereocenters. The van der Waals surface area contributed by atoms with E-state index < -0.39 is 24.0 Å². The summed E-state index contributed by atoms with van der Waals surface area (Å²) in [6.45, 7) is 1.85. The van der Waals surface area contributed by atoms with Gasteiger partial charge in [0.1, 0.15) is 11.6 Å². The van der Waals surface area contributed by atoms with E-state index in [-0.39, 0.29) is 18.0 Å². The van der Waals surface area contributed by atoms with E-state index in [9.17, 15) is 17.6 Å². The Morgan fingerprint density at radius 1 is 1.33 bits per heavy atom. The molecule has 7 heteroatoms. The Bertz CT molecular complexity index is 384. The molecule has 1 rings (SSSR count). The van der Waals surface area contributed by atoms with Crippen molar-refractivity contribution < 1.29 is 22.3 Å². The van der Waals surface area contributed by atoms with Gasteiger partial charge in [-0.15, -0.1) is 25.6 Å². The number of benzene rings is 1. The van der Waals surface area contributed by atoms with Crippen LogP contribution in [0.2, 0.25) is 0 Å². The molecule has 2 N–H and O–H groups in total. The summed E-state index contributed by atoms with van der Waals surface area (Å²) in [5, 5.41) is 0. The minimum atomic E-state index is -4.79. The molecular weight excluding hydrogens is 274 g/mol. The molecule has 1 aromatic rings. The fourth-order valence-corrected chi connectivity index (χ4v) is 1.47. The van der Waals surface area contributed by atoms with Crippen molar-refractivity contribution in [1.29, 1.82) is 0 Å². The van der Waals surface area contributed by atoms with Crippen LogP contribution in [0.1, 0.15) is 31.4 Å². The zero-order chi connectivity index (χ0) is 13.1. The topological polar surface area (TPSA) is 35.2 Å². The van der Waals surface area contributed by atoms with E-state index in [0.717, 1.165) is 18.2 Å². The minimum absolute atomic E-state index is 0. The van der Waals surface area contributed by atoms with Crippen molar-refractivity contribution in [3.63, 3.8) is 0 Å². The fraction of sp³-hybridized carbons (Fsp3) is 0.455. The van der Waals surface area contributed by atoms with Crippen LogP contribution in [0.3, 0.4) is 0 Å². The molecule has 0 bridgehead atoms. The quantitative estimate of drug-likeness (QED) is 0.851. The van der Waals surface area contributed by atoms with E-state index in [1.54, 1.807) is 0 Å². The SMILES string of the molecule is CCC[C@H](N)c1cc(OC(F)(F)F)ccc1F.Cl. The van der Waals surface area contributed by atoms with Gasteiger partial charge in [-0.05, 0) is 24.6 Å². The number of alkyl halides is 3. The highest BCUT2D eigenvalue weighted by Crippen LogP contribution is 2.28. The first-order valence-electron chi connectivity index (χ1n) is 5.14. The third-order valence-electron chi connectivity index (χ3n) is 2.20. The number of nitrogens with two attached hydrogens (primary N) is 1. The Balaban J connectivity index is 0.00000289. The second-order valence-corrected chi connectivity index (χ2v) is 3.63. The Morgan fingerprint density at radius 2 is 1.94 bits per heavy atom. The maximum atomic E-state index is 13.4. The van der Waals surface area contributed by atoms with Gasteiger partial charge in [-0.3, -0.25) is 0 Å². The van der Waals surface area contributed by atoms with Gasteiger partial charge in [0.15, 0.2) is 0 Å². The lowest BCUT2D eigenvalue weighted by Crippen LogP contribution is -2.18. The molecule has 0 saturated carbocycles. The first kappa shape index (κ1) is 17.0. The number of hydrogen-bond acceptors (Lipinski definition) is 2. The van der Waals surface area contributed by atoms with Crippen molar-refractivity contribution in [3.8, 4) is 5.75 Å². The predicted octanol–water partition coefficient (Wildman–Crippen LogP) is 3.95. The average Bonchev–Trinajstić information content (AvgIpc) is 2.19. The zero-order valence-electron chi connectivity index (χ0n) is 9.63. The van der Waals surface area contributed by atoms with Crippen LogP contribution in [0.25, 0.3) is 0 Å². The molecule has 0 aliphatic rings. The third-order valence-corrected chi connectivity index (χ3v) is 2.20. The molecule has 104 valence electrons. The van der Waals surface area contributed by atoms with Gasteiger partial charge in [-0.2, -0.15) is 0 Å². The first-order valence-corrected chi connectivity index (χ1v) is 5.14. The summed E-state index contributed by atoms with van der Waals surface area (Å²) in [7, 11) is 0. The molecule has 1 atom stereocenters. The predicted molar refractivity (Wildman–Crippen MR) is 62.2 cm³/mol. The van der Waals surface area contributed by atoms with Crippen molar-refractivity contribution in [3.05, 3.63) is 29.6 Å². The Hall–Kier alpha value is -1.01. The van der Waals surface area contributed by atoms with Gasteiger partial charge in [0.25, 0.3) is 0 Å². The van der Waals surface area contributed by atoms with Gasteiger partial charge in [-0.1, -0.05) is 13.3 Å². The van der Waals surface area contributed by atoms with Gasteiger partial charge >= 0.3 is 6.36 Å². The number of rotatable bonds is 4. The summed E-state index contributed by atoms with van der Waals surface area (Å²) in [6, 6.07) is 2.21. The standard InChI is InChI=1S/C11H13F4NO.ClH/c1-2-3-10(16)8-6-7(4-5-9(8)12)17-11(13,14)15;/h4-6,10H,2-3,16H2,1H3;1H/t10-;/m0./s1. The lowest BCUT2D eigenvalue weighted by atomic mass is 10.0. The summed E-state index contributed by atoms with van der Waals surface area (Å²) in [4.78, 5) is 0. The molecule has 0 fully saturated rings. The monoisotopic (exact) mass is 287 g/mol. The van der Waals surface area contributed by atoms with Crippen molar-refractivity contribution in [1.82, 2.24) is 0 Å². The second kappa shape index (κ2) is 6.80. The first-order chi connectivity index (χ1) is 7.83. The molecule has 0 aromatic heterocycles. The van der Waals surface area contributed by atoms with Crippen molar-refractivity contribution >= 4 is 12.4 Å². The minimum Gasteiger partial charge on any atom is -0.406 e. The van der Waals surface area contributed by atoms with Crippen LogP contribution in [0, 0.1) is 5.82 Å². The molecule has 0 heterocycles. The molecule has 1 aromatic carbocycles. The van der Waals surface area contributed by atoms with E-state index in [1.807, 2.05) is 6.92 Å². The molecular formula is C11H14ClF4NO. The number of hydrogen-bond donors (Lipinski definition) is 1. The fourth-order valence-electron chi connectivity index (χ4n) is 1.47. The second-order valence-electron chi connectivity index (χ2n) is 3.63. The van der Waals surface area contributed by atoms with Gasteiger partial charge < -0.3 is 10.5 Å². The summed E-state index contributed by atoms with van der Waals surface area (Å²) < 4.78 is 53.0. The molecule has 0 aliphatic heterocycles. The van der Waals surface area contributed by atoms with Crippen LogP contribution >= 0.6 is 12.4 Å². The molecule has 18 heavy (non-hydrogen) atoms. The molecule has 0 spiro atoms. The van der Waals surface area contributed by atoms with Crippen molar-refractivity contribution in [2.45, 2.75) is 32.2 Å². The van der Waals surface area contributed by atoms with Gasteiger partial charge in [0.05, 0.1) is 0 Å². The van der Waals surface area contributed by atoms with E-state index in [1.165, 1.54) is 0 Å². The highest BCUT2D eigenvalue weighted by Gasteiger charge is 2.31. The highest BCUT2D eigenvalue weighted by molar-refractivity contribution is 5.85. The molecule has 0 amide bonds. The van der Waals surface area contributed by atoms with E-state index in [0.29, 0.717) is 12.8 Å². The molecule has 0 radical (unpaired) electrons. The maximum Gasteiger partial charge on any atom is 0.573 e. The van der Waals surface area contributed by atoms with Crippen LogP contribution in [-0.2, 0) is 0 Å². The highest BCUT2D eigenvalue weighted by atomic mass is 35.5. The molecule has 0 saturated heterocycles. The molecule has 0 aliphatic carbocycles. The Kier molecular flexibility index (Phi) is 6.42. The van der Waals surface area contributed by atoms with Gasteiger partial charge in [-0.25, -0.2) is 4.39 Å². The summed E-state index contributed by atoms with van der Waals surface area (Å²) in [5.74, 6) is -1.08. The lowest BCUT2D eigenvalue weighted by Gasteiger charge is -2.14. The summed E-state index contributed by atoms with van der Waals surface area (Å²) in [5.41, 5.74) is 5.70. The summed E-state index contributed by atoms with van der Waals surface area (Å²) in [6.07, 6.45) is -3.58. The summed E-state index contributed by atoms with van der Waals surface area (Å²) >= 11 is 0. The van der Waals surface area contributed by atoms with Crippen LogP contribution in [-0.4, -0.2) is 6.36 Å². The maximum absolute atomic E-state index is 13.4. The normalized spacial score (nSPS) is 12.8. The number of halogens is 5. The van der Waals surface area contributed by atoms with Crippen LogP contribution < -0.4 is 10.5 Å².